The first-order valence-corrected chi connectivity index (χ1v) is 9.47. The largest absolute Gasteiger partial charge is 0.339 e. The molecular weight excluding hydrogens is 326 g/mol. The van der Waals surface area contributed by atoms with Crippen LogP contribution in [0.3, 0.4) is 0 Å². The van der Waals surface area contributed by atoms with E-state index in [1.165, 1.54) is 38.7 Å². The first-order valence-electron chi connectivity index (χ1n) is 8.65. The Hall–Kier alpha value is -2.72. The van der Waals surface area contributed by atoms with E-state index in [1.54, 1.807) is 11.3 Å². The van der Waals surface area contributed by atoms with Crippen molar-refractivity contribution < 1.29 is 0 Å². The van der Waals surface area contributed by atoms with Crippen molar-refractivity contribution in [1.82, 2.24) is 4.98 Å². The van der Waals surface area contributed by atoms with Crippen LogP contribution in [0.5, 0.6) is 0 Å². The molecule has 1 aliphatic heterocycles. The summed E-state index contributed by atoms with van der Waals surface area (Å²) in [7, 11) is 0. The smallest absolute Gasteiger partial charge is 0.150 e. The molecule has 0 saturated carbocycles. The molecule has 0 spiro atoms. The van der Waals surface area contributed by atoms with Crippen molar-refractivity contribution in [2.24, 2.45) is 4.99 Å². The van der Waals surface area contributed by atoms with Gasteiger partial charge in [-0.3, -0.25) is 0 Å². The Morgan fingerprint density at radius 1 is 0.960 bits per heavy atom. The number of thiophene rings is 1. The van der Waals surface area contributed by atoms with Crippen molar-refractivity contribution in [3.63, 3.8) is 0 Å². The number of fused-ring (bicyclic) bond motifs is 5. The van der Waals surface area contributed by atoms with Crippen LogP contribution in [0.2, 0.25) is 0 Å². The standard InChI is InChI=1S/C21H15N3S/c1-2-5-13-10-15(9-8-12(13)4-1)22-20-19-18(24-20)16-11-14-6-3-7-17(14)23-21(16)25-19/h1-2,4-5,8-11H,3,6-7H2,(H,22,24). The third kappa shape index (κ3) is 1.98. The van der Waals surface area contributed by atoms with E-state index in [1.807, 2.05) is 0 Å². The van der Waals surface area contributed by atoms with Crippen LogP contribution in [0.25, 0.3) is 21.0 Å². The molecule has 0 fully saturated rings. The first-order chi connectivity index (χ1) is 12.3. The molecule has 3 heterocycles. The van der Waals surface area contributed by atoms with E-state index in [2.05, 4.69) is 53.8 Å². The van der Waals surface area contributed by atoms with Crippen LogP contribution in [0, 0.1) is 0 Å². The predicted octanol–water partition coefficient (Wildman–Crippen LogP) is 5.44. The lowest BCUT2D eigenvalue weighted by molar-refractivity contribution is 0.901. The zero-order chi connectivity index (χ0) is 16.4. The van der Waals surface area contributed by atoms with Gasteiger partial charge in [0.05, 0.1) is 10.6 Å². The summed E-state index contributed by atoms with van der Waals surface area (Å²) in [6.45, 7) is 0. The van der Waals surface area contributed by atoms with Crippen molar-refractivity contribution in [3.8, 4) is 0 Å². The molecule has 0 saturated heterocycles. The summed E-state index contributed by atoms with van der Waals surface area (Å²) < 4.78 is 0. The predicted molar refractivity (Wildman–Crippen MR) is 105 cm³/mol. The third-order valence-electron chi connectivity index (χ3n) is 5.14. The monoisotopic (exact) mass is 341 g/mol. The quantitative estimate of drug-likeness (QED) is 0.500. The molecule has 4 heteroatoms. The summed E-state index contributed by atoms with van der Waals surface area (Å²) in [6.07, 6.45) is 3.52. The number of nitrogens with zero attached hydrogens (tertiary/aromatic N) is 2. The maximum Gasteiger partial charge on any atom is 0.150 e. The van der Waals surface area contributed by atoms with Crippen molar-refractivity contribution in [2.75, 3.05) is 5.32 Å². The highest BCUT2D eigenvalue weighted by Gasteiger charge is 2.27. The fraction of sp³-hybridized carbons (Fsp3) is 0.143. The molecule has 0 radical (unpaired) electrons. The van der Waals surface area contributed by atoms with Gasteiger partial charge in [0.2, 0.25) is 0 Å². The zero-order valence-corrected chi connectivity index (χ0v) is 14.4. The summed E-state index contributed by atoms with van der Waals surface area (Å²) in [5.74, 6) is 0.966. The lowest BCUT2D eigenvalue weighted by Gasteiger charge is -2.16. The van der Waals surface area contributed by atoms with Crippen LogP contribution in [0.15, 0.2) is 53.5 Å². The van der Waals surface area contributed by atoms with E-state index in [9.17, 15) is 0 Å². The molecule has 2 aromatic carbocycles. The second-order valence-electron chi connectivity index (χ2n) is 6.73. The van der Waals surface area contributed by atoms with Crippen LogP contribution < -0.4 is 5.32 Å². The van der Waals surface area contributed by atoms with E-state index in [0.29, 0.717) is 0 Å². The minimum absolute atomic E-state index is 0.966. The number of rotatable bonds is 1. The molecule has 6 rings (SSSR count). The lowest BCUT2D eigenvalue weighted by atomic mass is 10.1. The van der Waals surface area contributed by atoms with Crippen LogP contribution >= 0.6 is 11.3 Å². The van der Waals surface area contributed by atoms with Gasteiger partial charge in [-0.15, -0.1) is 11.3 Å². The average Bonchev–Trinajstić information content (AvgIpc) is 3.19. The van der Waals surface area contributed by atoms with Gasteiger partial charge in [0.25, 0.3) is 0 Å². The molecular formula is C21H15N3S. The topological polar surface area (TPSA) is 37.3 Å². The van der Waals surface area contributed by atoms with E-state index in [4.69, 9.17) is 9.98 Å². The minimum atomic E-state index is 0.966. The summed E-state index contributed by atoms with van der Waals surface area (Å²) in [4.78, 5) is 12.0. The van der Waals surface area contributed by atoms with Crippen LogP contribution in [0.1, 0.15) is 22.6 Å². The number of pyridine rings is 1. The molecule has 4 aromatic rings. The fourth-order valence-corrected chi connectivity index (χ4v) is 4.90. The fourth-order valence-electron chi connectivity index (χ4n) is 3.84. The summed E-state index contributed by atoms with van der Waals surface area (Å²) in [5.41, 5.74) is 4.90. The Morgan fingerprint density at radius 2 is 1.88 bits per heavy atom. The maximum atomic E-state index is 4.88. The number of aryl methyl sites for hydroxylation is 2. The molecule has 120 valence electrons. The van der Waals surface area contributed by atoms with Crippen LogP contribution in [-0.4, -0.2) is 10.8 Å². The van der Waals surface area contributed by atoms with Gasteiger partial charge >= 0.3 is 0 Å². The lowest BCUT2D eigenvalue weighted by Crippen LogP contribution is -2.17. The molecule has 2 aromatic heterocycles. The minimum Gasteiger partial charge on any atom is -0.339 e. The van der Waals surface area contributed by atoms with Gasteiger partial charge < -0.3 is 5.32 Å². The Balaban J connectivity index is 1.37. The number of anilines is 1. The molecule has 0 amide bonds. The van der Waals surface area contributed by atoms with Crippen molar-refractivity contribution in [1.29, 1.82) is 0 Å². The van der Waals surface area contributed by atoms with E-state index in [0.717, 1.165) is 34.9 Å². The van der Waals surface area contributed by atoms with Crippen LogP contribution in [-0.2, 0) is 12.8 Å². The molecule has 0 bridgehead atoms. The highest BCUT2D eigenvalue weighted by atomic mass is 32.1. The Bertz CT molecular complexity index is 1200. The van der Waals surface area contributed by atoms with E-state index >= 15 is 0 Å². The van der Waals surface area contributed by atoms with Gasteiger partial charge in [0.15, 0.2) is 5.84 Å². The number of aliphatic imine (C=N–C) groups is 1. The molecule has 3 nitrogen and oxygen atoms in total. The van der Waals surface area contributed by atoms with Gasteiger partial charge in [-0.05, 0) is 53.8 Å². The van der Waals surface area contributed by atoms with Crippen LogP contribution in [0.4, 0.5) is 11.4 Å². The highest BCUT2D eigenvalue weighted by Crippen LogP contribution is 2.45. The van der Waals surface area contributed by atoms with Crippen molar-refractivity contribution >= 4 is 49.5 Å². The van der Waals surface area contributed by atoms with Crippen molar-refractivity contribution in [2.45, 2.75) is 19.3 Å². The number of hydrogen-bond acceptors (Lipinski definition) is 4. The molecule has 2 aliphatic rings. The zero-order valence-electron chi connectivity index (χ0n) is 13.5. The van der Waals surface area contributed by atoms with Gasteiger partial charge in [-0.25, -0.2) is 9.98 Å². The normalized spacial score (nSPS) is 15.0. The van der Waals surface area contributed by atoms with Gasteiger partial charge in [0.1, 0.15) is 4.83 Å². The van der Waals surface area contributed by atoms with E-state index in [-0.39, 0.29) is 0 Å². The second kappa shape index (κ2) is 4.90. The molecule has 0 atom stereocenters. The summed E-state index contributed by atoms with van der Waals surface area (Å²) in [6, 6.07) is 17.2. The number of hydrogen-bond donors (Lipinski definition) is 1. The first kappa shape index (κ1) is 13.6. The average molecular weight is 341 g/mol. The second-order valence-corrected chi connectivity index (χ2v) is 7.73. The number of amidine groups is 1. The SMILES string of the molecule is c1ccc2cc(NC3=Nc4c3sc3nc5c(cc43)CCC5)ccc2c1. The molecule has 1 aliphatic carbocycles. The summed E-state index contributed by atoms with van der Waals surface area (Å²) >= 11 is 1.76. The third-order valence-corrected chi connectivity index (χ3v) is 6.23. The van der Waals surface area contributed by atoms with Gasteiger partial charge in [-0.1, -0.05) is 30.3 Å². The molecule has 0 unspecified atom stereocenters. The molecule has 1 N–H and O–H groups in total. The van der Waals surface area contributed by atoms with E-state index < -0.39 is 0 Å². The summed E-state index contributed by atoms with van der Waals surface area (Å²) in [5, 5.41) is 7.20. The number of benzene rings is 2. The number of nitrogens with one attached hydrogen (secondary N) is 1. The highest BCUT2D eigenvalue weighted by molar-refractivity contribution is 7.21. The number of aromatic nitrogens is 1. The Morgan fingerprint density at radius 3 is 2.84 bits per heavy atom. The van der Waals surface area contributed by atoms with Gasteiger partial charge in [0, 0.05) is 16.8 Å². The Labute approximate surface area is 149 Å². The Kier molecular flexibility index (Phi) is 2.66. The van der Waals surface area contributed by atoms with Crippen molar-refractivity contribution in [3.05, 3.63) is 64.7 Å². The molecule has 25 heavy (non-hydrogen) atoms. The maximum absolute atomic E-state index is 4.88. The van der Waals surface area contributed by atoms with Gasteiger partial charge in [-0.2, -0.15) is 0 Å².